The summed E-state index contributed by atoms with van der Waals surface area (Å²) in [5, 5.41) is 7.11. The molecule has 0 aliphatic heterocycles. The lowest BCUT2D eigenvalue weighted by Crippen LogP contribution is -2.25. The van der Waals surface area contributed by atoms with Crippen LogP contribution in [0.15, 0.2) is 0 Å². The molecule has 0 aromatic heterocycles. The van der Waals surface area contributed by atoms with Gasteiger partial charge in [0, 0.05) is 6.04 Å². The fourth-order valence-electron chi connectivity index (χ4n) is 3.08. The van der Waals surface area contributed by atoms with E-state index in [0.29, 0.717) is 6.04 Å². The van der Waals surface area contributed by atoms with Crippen LogP contribution < -0.4 is 16.4 Å². The number of hydrogen-bond donors (Lipinski definition) is 3. The molecule has 0 saturated carbocycles. The molecule has 3 nitrogen and oxygen atoms in total. The topological polar surface area (TPSA) is 50.1 Å². The Balaban J connectivity index is 3.12. The highest BCUT2D eigenvalue weighted by Crippen LogP contribution is 2.04. The van der Waals surface area contributed by atoms with Crippen LogP contribution in [0.2, 0.25) is 0 Å². The van der Waals surface area contributed by atoms with Crippen LogP contribution in [-0.4, -0.2) is 32.2 Å². The molecule has 0 radical (unpaired) electrons. The van der Waals surface area contributed by atoms with Crippen molar-refractivity contribution in [2.75, 3.05) is 26.2 Å². The SMILES string of the molecule is CCCCCCCNCCCC(N)CCCNCCCCCCC. The third-order valence-corrected chi connectivity index (χ3v) is 4.77. The summed E-state index contributed by atoms with van der Waals surface area (Å²) in [5.74, 6) is 0. The van der Waals surface area contributed by atoms with Gasteiger partial charge in [0.15, 0.2) is 0 Å². The van der Waals surface area contributed by atoms with Crippen LogP contribution in [0, 0.1) is 0 Å². The van der Waals surface area contributed by atoms with E-state index in [1.54, 1.807) is 0 Å². The van der Waals surface area contributed by atoms with E-state index in [-0.39, 0.29) is 0 Å². The average molecular weight is 342 g/mol. The van der Waals surface area contributed by atoms with Gasteiger partial charge in [-0.05, 0) is 64.7 Å². The molecule has 0 rings (SSSR count). The van der Waals surface area contributed by atoms with E-state index < -0.39 is 0 Å². The van der Waals surface area contributed by atoms with Crippen LogP contribution in [0.25, 0.3) is 0 Å². The maximum absolute atomic E-state index is 6.21. The van der Waals surface area contributed by atoms with Crippen LogP contribution in [0.5, 0.6) is 0 Å². The minimum atomic E-state index is 0.391. The summed E-state index contributed by atoms with van der Waals surface area (Å²) in [5.41, 5.74) is 6.21. The molecule has 0 aliphatic carbocycles. The number of unbranched alkanes of at least 4 members (excludes halogenated alkanes) is 8. The van der Waals surface area contributed by atoms with Gasteiger partial charge in [0.2, 0.25) is 0 Å². The Labute approximate surface area is 152 Å². The van der Waals surface area contributed by atoms with Gasteiger partial charge in [-0.3, -0.25) is 0 Å². The molecule has 0 aromatic carbocycles. The van der Waals surface area contributed by atoms with Crippen LogP contribution in [0.3, 0.4) is 0 Å². The lowest BCUT2D eigenvalue weighted by Gasteiger charge is -2.12. The summed E-state index contributed by atoms with van der Waals surface area (Å²) < 4.78 is 0. The van der Waals surface area contributed by atoms with Gasteiger partial charge in [-0.25, -0.2) is 0 Å². The zero-order chi connectivity index (χ0) is 17.7. The van der Waals surface area contributed by atoms with Crippen molar-refractivity contribution in [1.82, 2.24) is 10.6 Å². The zero-order valence-corrected chi connectivity index (χ0v) is 16.9. The van der Waals surface area contributed by atoms with Crippen molar-refractivity contribution >= 4 is 0 Å². The largest absolute Gasteiger partial charge is 0.328 e. The summed E-state index contributed by atoms with van der Waals surface area (Å²) in [6.45, 7) is 9.18. The van der Waals surface area contributed by atoms with Crippen molar-refractivity contribution in [3.8, 4) is 0 Å². The first kappa shape index (κ1) is 23.9. The molecule has 0 fully saturated rings. The van der Waals surface area contributed by atoms with E-state index in [1.165, 1.54) is 103 Å². The highest BCUT2D eigenvalue weighted by atomic mass is 14.8. The van der Waals surface area contributed by atoms with Crippen LogP contribution in [0.1, 0.15) is 104 Å². The van der Waals surface area contributed by atoms with Crippen LogP contribution in [-0.2, 0) is 0 Å². The summed E-state index contributed by atoms with van der Waals surface area (Å²) in [6, 6.07) is 0.391. The zero-order valence-electron chi connectivity index (χ0n) is 16.9. The summed E-state index contributed by atoms with van der Waals surface area (Å²) in [4.78, 5) is 0. The molecule has 0 bridgehead atoms. The second-order valence-corrected chi connectivity index (χ2v) is 7.37. The highest BCUT2D eigenvalue weighted by Gasteiger charge is 2.02. The molecule has 0 aliphatic rings. The summed E-state index contributed by atoms with van der Waals surface area (Å²) in [7, 11) is 0. The molecule has 0 unspecified atom stereocenters. The Bertz CT molecular complexity index is 199. The van der Waals surface area contributed by atoms with Crippen molar-refractivity contribution < 1.29 is 0 Å². The third-order valence-electron chi connectivity index (χ3n) is 4.77. The fourth-order valence-corrected chi connectivity index (χ4v) is 3.08. The monoisotopic (exact) mass is 341 g/mol. The van der Waals surface area contributed by atoms with E-state index in [4.69, 9.17) is 5.73 Å². The average Bonchev–Trinajstić information content (AvgIpc) is 2.59. The maximum Gasteiger partial charge on any atom is 0.00397 e. The quantitative estimate of drug-likeness (QED) is 0.273. The first-order valence-electron chi connectivity index (χ1n) is 11.0. The molecule has 0 amide bonds. The van der Waals surface area contributed by atoms with Gasteiger partial charge >= 0.3 is 0 Å². The lowest BCUT2D eigenvalue weighted by molar-refractivity contribution is 0.490. The van der Waals surface area contributed by atoms with Gasteiger partial charge in [0.25, 0.3) is 0 Å². The molecular weight excluding hydrogens is 294 g/mol. The van der Waals surface area contributed by atoms with Crippen molar-refractivity contribution in [2.24, 2.45) is 5.73 Å². The minimum Gasteiger partial charge on any atom is -0.328 e. The van der Waals surface area contributed by atoms with Gasteiger partial charge in [0.05, 0.1) is 0 Å². The summed E-state index contributed by atoms with van der Waals surface area (Å²) >= 11 is 0. The third kappa shape index (κ3) is 19.9. The summed E-state index contributed by atoms with van der Waals surface area (Å²) in [6.07, 6.45) is 18.4. The highest BCUT2D eigenvalue weighted by molar-refractivity contribution is 4.63. The first-order chi connectivity index (χ1) is 11.8. The molecule has 0 saturated heterocycles. The fraction of sp³-hybridized carbons (Fsp3) is 1.00. The van der Waals surface area contributed by atoms with Crippen molar-refractivity contribution in [1.29, 1.82) is 0 Å². The molecule has 0 atom stereocenters. The van der Waals surface area contributed by atoms with Gasteiger partial charge in [-0.2, -0.15) is 0 Å². The Morgan fingerprint density at radius 3 is 1.33 bits per heavy atom. The van der Waals surface area contributed by atoms with Crippen molar-refractivity contribution in [3.63, 3.8) is 0 Å². The Kier molecular flexibility index (Phi) is 20.8. The predicted molar refractivity (Wildman–Crippen MR) is 110 cm³/mol. The van der Waals surface area contributed by atoms with Gasteiger partial charge in [-0.1, -0.05) is 65.2 Å². The number of nitrogens with two attached hydrogens (primary N) is 1. The van der Waals surface area contributed by atoms with Crippen molar-refractivity contribution in [3.05, 3.63) is 0 Å². The second kappa shape index (κ2) is 20.9. The Morgan fingerprint density at radius 1 is 0.542 bits per heavy atom. The second-order valence-electron chi connectivity index (χ2n) is 7.37. The van der Waals surface area contributed by atoms with Crippen LogP contribution in [0.4, 0.5) is 0 Å². The molecule has 4 N–H and O–H groups in total. The standard InChI is InChI=1S/C21H47N3/c1-3-5-7-9-11-17-23-19-13-15-21(22)16-14-20-24-18-12-10-8-6-4-2/h21,23-24H,3-20,22H2,1-2H3. The van der Waals surface area contributed by atoms with E-state index in [2.05, 4.69) is 24.5 Å². The van der Waals surface area contributed by atoms with Crippen molar-refractivity contribution in [2.45, 2.75) is 110 Å². The molecule has 146 valence electrons. The normalized spacial score (nSPS) is 11.5. The molecule has 0 aromatic rings. The maximum atomic E-state index is 6.21. The van der Waals surface area contributed by atoms with E-state index in [9.17, 15) is 0 Å². The molecule has 0 heterocycles. The van der Waals surface area contributed by atoms with Gasteiger partial charge in [0.1, 0.15) is 0 Å². The number of nitrogens with one attached hydrogen (secondary N) is 2. The number of hydrogen-bond acceptors (Lipinski definition) is 3. The van der Waals surface area contributed by atoms with Gasteiger partial charge in [-0.15, -0.1) is 0 Å². The number of rotatable bonds is 20. The predicted octanol–water partition coefficient (Wildman–Crippen LogP) is 4.99. The Hall–Kier alpha value is -0.120. The molecule has 3 heteroatoms. The first-order valence-corrected chi connectivity index (χ1v) is 11.0. The van der Waals surface area contributed by atoms with Gasteiger partial charge < -0.3 is 16.4 Å². The van der Waals surface area contributed by atoms with E-state index in [0.717, 1.165) is 13.1 Å². The van der Waals surface area contributed by atoms with E-state index in [1.807, 2.05) is 0 Å². The molecular formula is C21H47N3. The molecule has 0 spiro atoms. The van der Waals surface area contributed by atoms with Crippen LogP contribution >= 0.6 is 0 Å². The molecule has 24 heavy (non-hydrogen) atoms. The lowest BCUT2D eigenvalue weighted by atomic mass is 10.1. The van der Waals surface area contributed by atoms with E-state index >= 15 is 0 Å². The minimum absolute atomic E-state index is 0.391. The Morgan fingerprint density at radius 2 is 0.917 bits per heavy atom. The smallest absolute Gasteiger partial charge is 0.00397 e.